The maximum Gasteiger partial charge on any atom is 0.334 e. The fourth-order valence-corrected chi connectivity index (χ4v) is 4.84. The second-order valence-corrected chi connectivity index (χ2v) is 8.94. The van der Waals surface area contributed by atoms with Crippen LogP contribution in [0.4, 0.5) is 0 Å². The molecule has 0 heterocycles. The zero-order chi connectivity index (χ0) is 20.7. The van der Waals surface area contributed by atoms with Gasteiger partial charge in [0.25, 0.3) is 0 Å². The number of rotatable bonds is 16. The van der Waals surface area contributed by atoms with Crippen molar-refractivity contribution in [3.8, 4) is 0 Å². The molecule has 0 rings (SSSR count). The Morgan fingerprint density at radius 3 is 2.11 bits per heavy atom. The number of hydrogen-bond donors (Lipinski definition) is 2. The molecule has 158 valence electrons. The number of nitrogens with two attached hydrogens (primary N) is 2. The van der Waals surface area contributed by atoms with E-state index < -0.39 is 23.5 Å². The minimum Gasteiger partial charge on any atom is -0.468 e. The molecule has 0 bridgehead atoms. The molecule has 4 N–H and O–H groups in total. The molecule has 0 aliphatic rings. The van der Waals surface area contributed by atoms with Crippen molar-refractivity contribution >= 4 is 39.3 Å². The molecule has 9 heteroatoms. The van der Waals surface area contributed by atoms with E-state index in [9.17, 15) is 14.4 Å². The number of esters is 2. The average Bonchev–Trinajstić information content (AvgIpc) is 2.68. The first-order valence-corrected chi connectivity index (χ1v) is 11.8. The van der Waals surface area contributed by atoms with Gasteiger partial charge < -0.3 is 20.9 Å². The third-order valence-electron chi connectivity index (χ3n) is 4.18. The Kier molecular flexibility index (Phi) is 14.8. The molecule has 0 saturated carbocycles. The van der Waals surface area contributed by atoms with Crippen LogP contribution in [0.2, 0.25) is 0 Å². The van der Waals surface area contributed by atoms with Gasteiger partial charge in [0.05, 0.1) is 14.2 Å². The molecule has 0 aliphatic heterocycles. The Balaban J connectivity index is 4.38. The van der Waals surface area contributed by atoms with E-state index >= 15 is 0 Å². The minimum atomic E-state index is -1.68. The van der Waals surface area contributed by atoms with Crippen LogP contribution in [0.3, 0.4) is 0 Å². The largest absolute Gasteiger partial charge is 0.468 e. The summed E-state index contributed by atoms with van der Waals surface area (Å²) < 4.78 is 9.29. The second kappa shape index (κ2) is 15.2. The summed E-state index contributed by atoms with van der Waals surface area (Å²) in [7, 11) is 4.98. The van der Waals surface area contributed by atoms with Crippen molar-refractivity contribution in [2.24, 2.45) is 11.5 Å². The van der Waals surface area contributed by atoms with Gasteiger partial charge in [0.2, 0.25) is 0 Å². The molecule has 0 saturated heterocycles. The first-order chi connectivity index (χ1) is 12.8. The molecule has 0 aliphatic carbocycles. The minimum absolute atomic E-state index is 0.0631. The molecule has 7 nitrogen and oxygen atoms in total. The van der Waals surface area contributed by atoms with E-state index in [0.717, 1.165) is 12.8 Å². The number of carbonyl (C=O) groups excluding carboxylic acids is 3. The number of Topliss-reactive ketones (excluding diaryl/α,β-unsaturated/α-hetero) is 1. The van der Waals surface area contributed by atoms with E-state index in [4.69, 9.17) is 16.2 Å². The highest BCUT2D eigenvalue weighted by Crippen LogP contribution is 2.27. The van der Waals surface area contributed by atoms with E-state index in [1.165, 1.54) is 61.5 Å². The summed E-state index contributed by atoms with van der Waals surface area (Å²) in [6.45, 7) is 2.17. The third-order valence-corrected chi connectivity index (χ3v) is 6.67. The Labute approximate surface area is 170 Å². The molecule has 27 heavy (non-hydrogen) atoms. The van der Waals surface area contributed by atoms with Crippen LogP contribution in [0, 0.1) is 0 Å². The number of methoxy groups -OCH3 is 2. The van der Waals surface area contributed by atoms with Crippen molar-refractivity contribution in [2.45, 2.75) is 69.9 Å². The van der Waals surface area contributed by atoms with Crippen molar-refractivity contribution in [1.82, 2.24) is 0 Å². The van der Waals surface area contributed by atoms with E-state index in [1.807, 2.05) is 0 Å². The topological polar surface area (TPSA) is 122 Å². The van der Waals surface area contributed by atoms with Gasteiger partial charge in [-0.3, -0.25) is 9.59 Å². The predicted molar refractivity (Wildman–Crippen MR) is 111 cm³/mol. The Morgan fingerprint density at radius 2 is 1.56 bits per heavy atom. The lowest BCUT2D eigenvalue weighted by atomic mass is 9.93. The standard InChI is InChI=1S/C18H34N2O5S2/c1-4-5-6-7-8-9-10-11-15(21)18(20,17(23)25-3)13-27-26-12-14(19)16(22)24-2/h14H,4-13,19-20H2,1-3H3/t14-,18+/m0/s1. The number of ketones is 1. The number of ether oxygens (including phenoxy) is 2. The third kappa shape index (κ3) is 10.4. The fraction of sp³-hybridized carbons (Fsp3) is 0.833. The Morgan fingerprint density at radius 1 is 0.963 bits per heavy atom. The maximum absolute atomic E-state index is 12.5. The quantitative estimate of drug-likeness (QED) is 0.167. The van der Waals surface area contributed by atoms with E-state index in [0.29, 0.717) is 12.2 Å². The van der Waals surface area contributed by atoms with E-state index in [-0.39, 0.29) is 18.0 Å². The summed E-state index contributed by atoms with van der Waals surface area (Å²) in [4.78, 5) is 35.9. The van der Waals surface area contributed by atoms with Crippen molar-refractivity contribution in [3.05, 3.63) is 0 Å². The summed E-state index contributed by atoms with van der Waals surface area (Å²) >= 11 is 0. The van der Waals surface area contributed by atoms with Crippen LogP contribution in [-0.4, -0.2) is 55.0 Å². The smallest absolute Gasteiger partial charge is 0.334 e. The van der Waals surface area contributed by atoms with Crippen LogP contribution in [0.25, 0.3) is 0 Å². The lowest BCUT2D eigenvalue weighted by Crippen LogP contribution is -2.57. The van der Waals surface area contributed by atoms with Gasteiger partial charge in [-0.05, 0) is 6.42 Å². The van der Waals surface area contributed by atoms with E-state index in [2.05, 4.69) is 11.7 Å². The molecule has 0 unspecified atom stereocenters. The van der Waals surface area contributed by atoms with Crippen LogP contribution in [0.1, 0.15) is 58.3 Å². The lowest BCUT2D eigenvalue weighted by Gasteiger charge is -2.24. The van der Waals surface area contributed by atoms with Gasteiger partial charge in [0.1, 0.15) is 6.04 Å². The van der Waals surface area contributed by atoms with Crippen LogP contribution in [0.15, 0.2) is 0 Å². The van der Waals surface area contributed by atoms with Gasteiger partial charge in [-0.15, -0.1) is 0 Å². The normalized spacial score (nSPS) is 14.3. The summed E-state index contributed by atoms with van der Waals surface area (Å²) in [5.74, 6) is -1.20. The summed E-state index contributed by atoms with van der Waals surface area (Å²) in [6, 6.07) is -0.763. The SMILES string of the molecule is CCCCCCCCCC(=O)[C@](N)(CSSC[C@H](N)C(=O)OC)C(=O)OC. The zero-order valence-electron chi connectivity index (χ0n) is 16.7. The van der Waals surface area contributed by atoms with Crippen LogP contribution in [-0.2, 0) is 23.9 Å². The van der Waals surface area contributed by atoms with Gasteiger partial charge >= 0.3 is 11.9 Å². The molecular weight excluding hydrogens is 388 g/mol. The second-order valence-electron chi connectivity index (χ2n) is 6.43. The Hall–Kier alpha value is -0.770. The highest BCUT2D eigenvalue weighted by molar-refractivity contribution is 8.76. The fourth-order valence-electron chi connectivity index (χ4n) is 2.38. The van der Waals surface area contributed by atoms with Crippen molar-refractivity contribution in [3.63, 3.8) is 0 Å². The molecule has 0 fully saturated rings. The molecule has 0 spiro atoms. The monoisotopic (exact) mass is 422 g/mol. The summed E-state index contributed by atoms with van der Waals surface area (Å²) in [5.41, 5.74) is 10.1. The van der Waals surface area contributed by atoms with Crippen LogP contribution < -0.4 is 11.5 Å². The average molecular weight is 423 g/mol. The van der Waals surface area contributed by atoms with Gasteiger partial charge in [-0.25, -0.2) is 4.79 Å². The molecule has 0 aromatic rings. The molecule has 0 aromatic carbocycles. The van der Waals surface area contributed by atoms with Crippen LogP contribution in [0.5, 0.6) is 0 Å². The predicted octanol–water partition coefficient (Wildman–Crippen LogP) is 2.45. The van der Waals surface area contributed by atoms with Crippen molar-refractivity contribution in [2.75, 3.05) is 25.7 Å². The highest BCUT2D eigenvalue weighted by atomic mass is 33.1. The lowest BCUT2D eigenvalue weighted by molar-refractivity contribution is -0.150. The van der Waals surface area contributed by atoms with Gasteiger partial charge in [-0.1, -0.05) is 67.0 Å². The zero-order valence-corrected chi connectivity index (χ0v) is 18.3. The summed E-state index contributed by atoms with van der Waals surface area (Å²) in [6.07, 6.45) is 7.82. The van der Waals surface area contributed by atoms with Gasteiger partial charge in [0, 0.05) is 17.9 Å². The number of carbonyl (C=O) groups is 3. The van der Waals surface area contributed by atoms with Crippen LogP contribution >= 0.6 is 21.6 Å². The first kappa shape index (κ1) is 26.2. The maximum atomic E-state index is 12.5. The number of hydrogen-bond acceptors (Lipinski definition) is 9. The summed E-state index contributed by atoms with van der Waals surface area (Å²) in [5, 5.41) is 0. The molecular formula is C18H34N2O5S2. The van der Waals surface area contributed by atoms with Crippen molar-refractivity contribution < 1.29 is 23.9 Å². The molecule has 0 amide bonds. The molecule has 0 aromatic heterocycles. The van der Waals surface area contributed by atoms with Gasteiger partial charge in [0.15, 0.2) is 11.3 Å². The number of unbranched alkanes of at least 4 members (excludes halogenated alkanes) is 6. The van der Waals surface area contributed by atoms with Gasteiger partial charge in [-0.2, -0.15) is 0 Å². The van der Waals surface area contributed by atoms with Crippen molar-refractivity contribution in [1.29, 1.82) is 0 Å². The molecule has 2 atom stereocenters. The van der Waals surface area contributed by atoms with E-state index in [1.54, 1.807) is 0 Å². The highest BCUT2D eigenvalue weighted by Gasteiger charge is 2.42. The molecule has 0 radical (unpaired) electrons. The Bertz CT molecular complexity index is 465. The first-order valence-electron chi connectivity index (χ1n) is 9.31.